The van der Waals surface area contributed by atoms with Crippen LogP contribution in [0, 0.1) is 0 Å². The van der Waals surface area contributed by atoms with Crippen molar-refractivity contribution in [2.75, 3.05) is 11.9 Å². The first-order chi connectivity index (χ1) is 18.5. The number of carbonyl (C=O) groups is 3. The fourth-order valence-electron chi connectivity index (χ4n) is 5.11. The summed E-state index contributed by atoms with van der Waals surface area (Å²) in [5.41, 5.74) is 0.639. The van der Waals surface area contributed by atoms with Gasteiger partial charge < -0.3 is 25.8 Å². The Labute approximate surface area is 239 Å². The first-order valence-corrected chi connectivity index (χ1v) is 13.6. The van der Waals surface area contributed by atoms with Crippen LogP contribution in [0.1, 0.15) is 54.2 Å². The lowest BCUT2D eigenvalue weighted by atomic mass is 9.67. The number of piperidine rings is 1. The number of aliphatic hydroxyl groups excluding tert-OH is 1. The van der Waals surface area contributed by atoms with Crippen molar-refractivity contribution in [2.24, 2.45) is 0 Å². The van der Waals surface area contributed by atoms with Gasteiger partial charge in [0.2, 0.25) is 11.8 Å². The zero-order valence-corrected chi connectivity index (χ0v) is 23.7. The Morgan fingerprint density at radius 2 is 1.90 bits per heavy atom. The summed E-state index contributed by atoms with van der Waals surface area (Å²) < 4.78 is 7.02. The Hall–Kier alpha value is -3.40. The van der Waals surface area contributed by atoms with E-state index in [0.29, 0.717) is 39.8 Å². The number of rotatable bonds is 6. The second-order valence-electron chi connectivity index (χ2n) is 10.4. The third kappa shape index (κ3) is 5.14. The van der Waals surface area contributed by atoms with Gasteiger partial charge in [0, 0.05) is 32.7 Å². The molecule has 0 aromatic heterocycles. The van der Waals surface area contributed by atoms with Gasteiger partial charge in [0.25, 0.3) is 5.91 Å². The summed E-state index contributed by atoms with van der Waals surface area (Å²) in [7, 11) is 0. The minimum absolute atomic E-state index is 0.159. The molecule has 1 spiro atoms. The lowest BCUT2D eigenvalue weighted by molar-refractivity contribution is -0.130. The predicted molar refractivity (Wildman–Crippen MR) is 151 cm³/mol. The molecule has 0 radical (unpaired) electrons. The average Bonchev–Trinajstić information content (AvgIpc) is 3.17. The number of aliphatic hydroxyl groups is 1. The predicted octanol–water partition coefficient (Wildman–Crippen LogP) is 5.24. The van der Waals surface area contributed by atoms with Crippen molar-refractivity contribution in [3.05, 3.63) is 86.8 Å². The summed E-state index contributed by atoms with van der Waals surface area (Å²) in [6, 6.07) is 16.6. The summed E-state index contributed by atoms with van der Waals surface area (Å²) in [6.45, 7) is 3.26. The van der Waals surface area contributed by atoms with Crippen LogP contribution in [0.3, 0.4) is 0 Å². The topological polar surface area (TPSA) is 117 Å². The molecule has 10 heteroatoms. The van der Waals surface area contributed by atoms with Gasteiger partial charge in [-0.05, 0) is 80.4 Å². The molecule has 39 heavy (non-hydrogen) atoms. The lowest BCUT2D eigenvalue weighted by Crippen LogP contribution is -2.52. The van der Waals surface area contributed by atoms with Crippen molar-refractivity contribution < 1.29 is 24.2 Å². The Kier molecular flexibility index (Phi) is 7.17. The summed E-state index contributed by atoms with van der Waals surface area (Å²) >= 11 is 9.72. The molecule has 3 aromatic rings. The van der Waals surface area contributed by atoms with E-state index in [9.17, 15) is 19.5 Å². The Balaban J connectivity index is 1.50. The molecule has 3 amide bonds. The first kappa shape index (κ1) is 27.2. The minimum atomic E-state index is -1.05. The highest BCUT2D eigenvalue weighted by Crippen LogP contribution is 2.53. The van der Waals surface area contributed by atoms with Gasteiger partial charge in [-0.1, -0.05) is 33.6 Å². The molecule has 3 aromatic carbocycles. The molecule has 0 aliphatic carbocycles. The van der Waals surface area contributed by atoms with Crippen LogP contribution in [0.25, 0.3) is 0 Å². The SMILES string of the molecule is CC(C)(CO)NC(=O)c1ccc(Oc2ccc(Br)cc2[C@H]2NC(=O)CC[C@]23C(=O)Nc2cc(Cl)ccc23)cc1. The van der Waals surface area contributed by atoms with E-state index in [1.165, 1.54) is 0 Å². The highest BCUT2D eigenvalue weighted by molar-refractivity contribution is 9.10. The van der Waals surface area contributed by atoms with Crippen molar-refractivity contribution in [1.29, 1.82) is 0 Å². The summed E-state index contributed by atoms with van der Waals surface area (Å²) in [5.74, 6) is 0.238. The molecule has 8 nitrogen and oxygen atoms in total. The fraction of sp³-hybridized carbons (Fsp3) is 0.276. The molecule has 1 saturated heterocycles. The van der Waals surface area contributed by atoms with Crippen LogP contribution in [-0.4, -0.2) is 35.0 Å². The van der Waals surface area contributed by atoms with Gasteiger partial charge in [0.1, 0.15) is 16.9 Å². The van der Waals surface area contributed by atoms with Gasteiger partial charge in [-0.15, -0.1) is 0 Å². The van der Waals surface area contributed by atoms with E-state index in [-0.39, 0.29) is 30.7 Å². The smallest absolute Gasteiger partial charge is 0.251 e. The van der Waals surface area contributed by atoms with Gasteiger partial charge in [-0.2, -0.15) is 0 Å². The van der Waals surface area contributed by atoms with E-state index in [2.05, 4.69) is 31.9 Å². The van der Waals surface area contributed by atoms with E-state index in [1.54, 1.807) is 56.3 Å². The molecule has 2 aliphatic heterocycles. The van der Waals surface area contributed by atoms with Crippen LogP contribution in [-0.2, 0) is 15.0 Å². The van der Waals surface area contributed by atoms with Crippen molar-refractivity contribution in [3.8, 4) is 11.5 Å². The standard InChI is InChI=1S/C29H27BrClN3O5/c1-28(2,15-35)34-26(37)16-3-7-19(8-4-16)39-23-10-5-17(30)13-20(23)25-29(12-11-24(36)33-25)21-9-6-18(31)14-22(21)32-27(29)38/h3-10,13-14,25,35H,11-12,15H2,1-2H3,(H,32,38)(H,33,36)(H,34,37)/t25-,29-/m1/s1. The maximum atomic E-state index is 13.6. The van der Waals surface area contributed by atoms with Crippen LogP contribution in [0.5, 0.6) is 11.5 Å². The molecule has 2 aliphatic rings. The van der Waals surface area contributed by atoms with Crippen molar-refractivity contribution >= 4 is 50.9 Å². The van der Waals surface area contributed by atoms with Crippen LogP contribution < -0.4 is 20.7 Å². The van der Waals surface area contributed by atoms with Crippen molar-refractivity contribution in [3.63, 3.8) is 0 Å². The van der Waals surface area contributed by atoms with Crippen LogP contribution in [0.4, 0.5) is 5.69 Å². The number of carbonyl (C=O) groups excluding carboxylic acids is 3. The Morgan fingerprint density at radius 3 is 2.62 bits per heavy atom. The van der Waals surface area contributed by atoms with Crippen LogP contribution in [0.2, 0.25) is 5.02 Å². The van der Waals surface area contributed by atoms with E-state index < -0.39 is 17.0 Å². The van der Waals surface area contributed by atoms with Gasteiger partial charge >= 0.3 is 0 Å². The normalized spacial score (nSPS) is 20.3. The molecule has 5 rings (SSSR count). The van der Waals surface area contributed by atoms with Crippen molar-refractivity contribution in [2.45, 2.75) is 43.7 Å². The number of halogens is 2. The van der Waals surface area contributed by atoms with E-state index in [0.717, 1.165) is 10.0 Å². The molecular weight excluding hydrogens is 586 g/mol. The van der Waals surface area contributed by atoms with Gasteiger partial charge in [-0.25, -0.2) is 0 Å². The summed E-state index contributed by atoms with van der Waals surface area (Å²) in [4.78, 5) is 38.8. The van der Waals surface area contributed by atoms with Crippen molar-refractivity contribution in [1.82, 2.24) is 10.6 Å². The molecule has 4 N–H and O–H groups in total. The fourth-order valence-corrected chi connectivity index (χ4v) is 5.66. The first-order valence-electron chi connectivity index (χ1n) is 12.4. The number of ether oxygens (including phenoxy) is 1. The molecule has 0 unspecified atom stereocenters. The third-order valence-corrected chi connectivity index (χ3v) is 7.86. The maximum Gasteiger partial charge on any atom is 0.251 e. The Bertz CT molecular complexity index is 1480. The number of benzene rings is 3. The maximum absolute atomic E-state index is 13.6. The highest BCUT2D eigenvalue weighted by atomic mass is 79.9. The lowest BCUT2D eigenvalue weighted by Gasteiger charge is -2.40. The van der Waals surface area contributed by atoms with Crippen LogP contribution in [0.15, 0.2) is 65.1 Å². The van der Waals surface area contributed by atoms with E-state index >= 15 is 0 Å². The number of nitrogens with one attached hydrogen (secondary N) is 3. The molecule has 202 valence electrons. The quantitative estimate of drug-likeness (QED) is 0.304. The van der Waals surface area contributed by atoms with E-state index in [1.807, 2.05) is 18.2 Å². The summed E-state index contributed by atoms with van der Waals surface area (Å²) in [5, 5.41) is 18.7. The molecule has 2 heterocycles. The monoisotopic (exact) mass is 611 g/mol. The van der Waals surface area contributed by atoms with Gasteiger partial charge in [-0.3, -0.25) is 14.4 Å². The zero-order chi connectivity index (χ0) is 27.9. The van der Waals surface area contributed by atoms with Gasteiger partial charge in [0.05, 0.1) is 18.2 Å². The molecule has 0 bridgehead atoms. The molecular formula is C29H27BrClN3O5. The van der Waals surface area contributed by atoms with E-state index in [4.69, 9.17) is 16.3 Å². The minimum Gasteiger partial charge on any atom is -0.457 e. The number of anilines is 1. The van der Waals surface area contributed by atoms with Crippen LogP contribution >= 0.6 is 27.5 Å². The number of hydrogen-bond acceptors (Lipinski definition) is 5. The molecule has 2 atom stereocenters. The number of fused-ring (bicyclic) bond motifs is 2. The average molecular weight is 613 g/mol. The second kappa shape index (κ2) is 10.3. The van der Waals surface area contributed by atoms with Gasteiger partial charge in [0.15, 0.2) is 0 Å². The second-order valence-corrected chi connectivity index (χ2v) is 11.8. The molecule has 0 saturated carbocycles. The molecule has 1 fully saturated rings. The summed E-state index contributed by atoms with van der Waals surface area (Å²) in [6.07, 6.45) is 0.525. The zero-order valence-electron chi connectivity index (χ0n) is 21.3. The Morgan fingerprint density at radius 1 is 1.15 bits per heavy atom. The number of amides is 3. The third-order valence-electron chi connectivity index (χ3n) is 7.13. The number of hydrogen-bond donors (Lipinski definition) is 4. The highest BCUT2D eigenvalue weighted by Gasteiger charge is 2.56. The largest absolute Gasteiger partial charge is 0.457 e.